The van der Waals surface area contributed by atoms with E-state index in [9.17, 15) is 9.82 Å². The quantitative estimate of drug-likeness (QED) is 0.638. The number of hydrogen-bond acceptors (Lipinski definition) is 2. The molecule has 0 bridgehead atoms. The van der Waals surface area contributed by atoms with Crippen molar-refractivity contribution >= 4 is 24.2 Å². The molecule has 1 aromatic carbocycles. The summed E-state index contributed by atoms with van der Waals surface area (Å²) in [6.45, 7) is 5.68. The number of benzene rings is 1. The van der Waals surface area contributed by atoms with Crippen molar-refractivity contribution in [1.29, 1.82) is 0 Å². The van der Waals surface area contributed by atoms with Crippen LogP contribution < -0.4 is 10.8 Å². The molecule has 0 saturated heterocycles. The van der Waals surface area contributed by atoms with Crippen molar-refractivity contribution in [2.45, 2.75) is 26.3 Å². The summed E-state index contributed by atoms with van der Waals surface area (Å²) in [4.78, 5) is 13.3. The first-order valence-corrected chi connectivity index (χ1v) is 5.28. The van der Waals surface area contributed by atoms with Crippen molar-refractivity contribution in [2.24, 2.45) is 0 Å². The Bertz CT molecular complexity index is 428. The molecule has 2 N–H and O–H groups in total. The van der Waals surface area contributed by atoms with Crippen molar-refractivity contribution in [3.05, 3.63) is 24.3 Å². The van der Waals surface area contributed by atoms with Crippen LogP contribution in [0.5, 0.6) is 0 Å². The van der Waals surface area contributed by atoms with E-state index in [1.54, 1.807) is 6.07 Å². The summed E-state index contributed by atoms with van der Waals surface area (Å²) >= 11 is 0. The molecule has 2 amide bonds. The zero-order valence-electron chi connectivity index (χ0n) is 9.69. The fourth-order valence-corrected chi connectivity index (χ4v) is 1.93. The third-order valence-corrected chi connectivity index (χ3v) is 2.67. The van der Waals surface area contributed by atoms with Crippen molar-refractivity contribution in [3.8, 4) is 0 Å². The molecule has 0 aliphatic carbocycles. The molecule has 1 aliphatic rings. The number of para-hydroxylation sites is 1. The molecule has 5 heteroatoms. The molecular weight excluding hydrogens is 203 g/mol. The Balaban J connectivity index is 2.46. The van der Waals surface area contributed by atoms with Crippen molar-refractivity contribution in [2.75, 3.05) is 5.32 Å². The van der Waals surface area contributed by atoms with E-state index in [2.05, 4.69) is 5.32 Å². The van der Waals surface area contributed by atoms with Crippen molar-refractivity contribution < 1.29 is 9.82 Å². The van der Waals surface area contributed by atoms with Gasteiger partial charge < -0.3 is 15.2 Å². The van der Waals surface area contributed by atoms with E-state index in [-0.39, 0.29) is 6.03 Å². The van der Waals surface area contributed by atoms with Gasteiger partial charge in [0.2, 0.25) is 0 Å². The number of fused-ring (bicyclic) bond motifs is 1. The van der Waals surface area contributed by atoms with Crippen LogP contribution in [0.15, 0.2) is 24.3 Å². The highest BCUT2D eigenvalue weighted by Crippen LogP contribution is 2.21. The summed E-state index contributed by atoms with van der Waals surface area (Å²) in [6, 6.07) is 7.02. The van der Waals surface area contributed by atoms with E-state index in [0.29, 0.717) is 5.69 Å². The first kappa shape index (κ1) is 11.0. The highest BCUT2D eigenvalue weighted by atomic mass is 16.2. The molecule has 16 heavy (non-hydrogen) atoms. The number of carbonyl (C=O) groups excluding carboxylic acids is 1. The van der Waals surface area contributed by atoms with Crippen LogP contribution in [0.4, 0.5) is 10.5 Å². The lowest BCUT2D eigenvalue weighted by atomic mass is 9.67. The summed E-state index contributed by atoms with van der Waals surface area (Å²) in [5, 5.41) is 13.0. The average molecular weight is 218 g/mol. The predicted molar refractivity (Wildman–Crippen MR) is 64.7 cm³/mol. The third-order valence-electron chi connectivity index (χ3n) is 2.67. The Morgan fingerprint density at radius 3 is 2.56 bits per heavy atom. The first-order chi connectivity index (χ1) is 7.41. The number of carbonyl (C=O) groups is 1. The monoisotopic (exact) mass is 218 g/mol. The highest BCUT2D eigenvalue weighted by molar-refractivity contribution is 6.69. The number of rotatable bonds is 0. The summed E-state index contributed by atoms with van der Waals surface area (Å²) in [5.41, 5.74) is 0.995. The van der Waals surface area contributed by atoms with E-state index in [4.69, 9.17) is 0 Å². The molecule has 0 fully saturated rings. The number of nitrogens with zero attached hydrogens (tertiary/aromatic N) is 1. The van der Waals surface area contributed by atoms with Crippen LogP contribution in [0.1, 0.15) is 20.8 Å². The Morgan fingerprint density at radius 1 is 1.31 bits per heavy atom. The molecular formula is C11H15BN2O2. The average Bonchev–Trinajstić information content (AvgIpc) is 2.15. The Hall–Kier alpha value is -1.49. The standard InChI is InChI=1S/C11H15BN2O2/c1-11(2,3)14-10(15)13-9-7-5-4-6-8(9)12(14)16/h4-7,16H,1-3H3,(H,13,15). The van der Waals surface area contributed by atoms with Gasteiger partial charge in [-0.2, -0.15) is 0 Å². The van der Waals surface area contributed by atoms with Gasteiger partial charge in [0.1, 0.15) is 0 Å². The van der Waals surface area contributed by atoms with E-state index in [1.807, 2.05) is 39.0 Å². The minimum Gasteiger partial charge on any atom is -0.428 e. The van der Waals surface area contributed by atoms with E-state index < -0.39 is 12.6 Å². The number of amides is 2. The SMILES string of the molecule is CC(C)(C)N1B(O)c2ccccc2NC1=O. The van der Waals surface area contributed by atoms with Gasteiger partial charge in [0.15, 0.2) is 0 Å². The second-order valence-corrected chi connectivity index (χ2v) is 4.93. The minimum absolute atomic E-state index is 0.265. The Labute approximate surface area is 95.4 Å². The molecule has 1 aliphatic heterocycles. The first-order valence-electron chi connectivity index (χ1n) is 5.28. The lowest BCUT2D eigenvalue weighted by Crippen LogP contribution is -2.64. The zero-order chi connectivity index (χ0) is 11.9. The number of hydrogen-bond donors (Lipinski definition) is 2. The maximum absolute atomic E-state index is 11.9. The fourth-order valence-electron chi connectivity index (χ4n) is 1.93. The van der Waals surface area contributed by atoms with Gasteiger partial charge in [-0.05, 0) is 32.3 Å². The van der Waals surface area contributed by atoms with Crippen LogP contribution in [0.25, 0.3) is 0 Å². The van der Waals surface area contributed by atoms with Crippen LogP contribution in [0.3, 0.4) is 0 Å². The number of urea groups is 1. The highest BCUT2D eigenvalue weighted by Gasteiger charge is 2.41. The normalized spacial score (nSPS) is 15.9. The Morgan fingerprint density at radius 2 is 1.94 bits per heavy atom. The van der Waals surface area contributed by atoms with Gasteiger partial charge in [-0.1, -0.05) is 18.2 Å². The predicted octanol–water partition coefficient (Wildman–Crippen LogP) is 1.02. The van der Waals surface area contributed by atoms with Crippen LogP contribution >= 0.6 is 0 Å². The molecule has 0 saturated carbocycles. The van der Waals surface area contributed by atoms with Crippen LogP contribution in [0.2, 0.25) is 0 Å². The summed E-state index contributed by atoms with van der Waals surface area (Å²) in [5.74, 6) is 0. The van der Waals surface area contributed by atoms with Gasteiger partial charge in [-0.3, -0.25) is 0 Å². The van der Waals surface area contributed by atoms with Crippen molar-refractivity contribution in [3.63, 3.8) is 0 Å². The van der Waals surface area contributed by atoms with E-state index in [0.717, 1.165) is 5.46 Å². The van der Waals surface area contributed by atoms with Gasteiger partial charge in [0.25, 0.3) is 0 Å². The second-order valence-electron chi connectivity index (χ2n) is 4.93. The van der Waals surface area contributed by atoms with Gasteiger partial charge in [0.05, 0.1) is 0 Å². The molecule has 1 aromatic rings. The molecule has 4 nitrogen and oxygen atoms in total. The van der Waals surface area contributed by atoms with Gasteiger partial charge in [-0.25, -0.2) is 4.79 Å². The summed E-state index contributed by atoms with van der Waals surface area (Å²) in [7, 11) is -0.884. The van der Waals surface area contributed by atoms with Gasteiger partial charge >= 0.3 is 13.1 Å². The maximum atomic E-state index is 11.9. The lowest BCUT2D eigenvalue weighted by molar-refractivity contribution is 0.198. The largest absolute Gasteiger partial charge is 0.455 e. The van der Waals surface area contributed by atoms with E-state index >= 15 is 0 Å². The summed E-state index contributed by atoms with van der Waals surface area (Å²) < 4.78 is 0. The molecule has 0 spiro atoms. The smallest absolute Gasteiger partial charge is 0.428 e. The van der Waals surface area contributed by atoms with Gasteiger partial charge in [0, 0.05) is 11.2 Å². The fraction of sp³-hybridized carbons (Fsp3) is 0.364. The Kier molecular flexibility index (Phi) is 2.42. The topological polar surface area (TPSA) is 52.6 Å². The summed E-state index contributed by atoms with van der Waals surface area (Å²) in [6.07, 6.45) is 0. The maximum Gasteiger partial charge on any atom is 0.455 e. The molecule has 0 unspecified atom stereocenters. The molecule has 2 rings (SSSR count). The zero-order valence-corrected chi connectivity index (χ0v) is 9.69. The van der Waals surface area contributed by atoms with E-state index in [1.165, 1.54) is 4.81 Å². The molecule has 0 aromatic heterocycles. The molecule has 84 valence electrons. The van der Waals surface area contributed by atoms with Crippen molar-refractivity contribution in [1.82, 2.24) is 4.81 Å². The number of anilines is 1. The molecule has 0 radical (unpaired) electrons. The minimum atomic E-state index is -0.884. The molecule has 1 heterocycles. The molecule has 0 atom stereocenters. The lowest BCUT2D eigenvalue weighted by Gasteiger charge is -2.41. The third kappa shape index (κ3) is 1.67. The van der Waals surface area contributed by atoms with Crippen LogP contribution in [-0.4, -0.2) is 28.5 Å². The second kappa shape index (κ2) is 3.52. The van der Waals surface area contributed by atoms with Gasteiger partial charge in [-0.15, -0.1) is 0 Å². The van der Waals surface area contributed by atoms with Crippen LogP contribution in [-0.2, 0) is 0 Å². The number of nitrogens with one attached hydrogen (secondary N) is 1. The van der Waals surface area contributed by atoms with Crippen LogP contribution in [0, 0.1) is 0 Å².